The Morgan fingerprint density at radius 1 is 1.44 bits per heavy atom. The molecule has 0 unspecified atom stereocenters. The minimum atomic E-state index is -0.888. The van der Waals surface area contributed by atoms with Gasteiger partial charge in [0.25, 0.3) is 0 Å². The van der Waals surface area contributed by atoms with Gasteiger partial charge in [0.1, 0.15) is 12.4 Å². The molecule has 0 heterocycles. The number of nitro groups is 1. The molecule has 1 N–H and O–H groups in total. The Kier molecular flexibility index (Phi) is 4.61. The first-order valence-corrected chi connectivity index (χ1v) is 5.61. The maximum Gasteiger partial charge on any atom is 0.305 e. The number of halogens is 1. The molecule has 0 saturated heterocycles. The van der Waals surface area contributed by atoms with Crippen LogP contribution in [0.2, 0.25) is 0 Å². The van der Waals surface area contributed by atoms with Gasteiger partial charge >= 0.3 is 5.69 Å². The third-order valence-electron chi connectivity index (χ3n) is 2.14. The van der Waals surface area contributed by atoms with E-state index in [9.17, 15) is 14.5 Å². The SMILES string of the molecule is CC(C)(C)NCCOc1ccc([N+](=O)[O-])c(F)c1. The highest BCUT2D eigenvalue weighted by Crippen LogP contribution is 2.22. The number of rotatable bonds is 5. The summed E-state index contributed by atoms with van der Waals surface area (Å²) < 4.78 is 18.6. The van der Waals surface area contributed by atoms with Crippen LogP contribution in [0, 0.1) is 15.9 Å². The van der Waals surface area contributed by atoms with Crippen LogP contribution in [-0.2, 0) is 0 Å². The maximum atomic E-state index is 13.3. The van der Waals surface area contributed by atoms with Crippen molar-refractivity contribution >= 4 is 5.69 Å². The lowest BCUT2D eigenvalue weighted by Crippen LogP contribution is -2.38. The van der Waals surface area contributed by atoms with E-state index in [1.165, 1.54) is 6.07 Å². The van der Waals surface area contributed by atoms with Gasteiger partial charge in [0.2, 0.25) is 5.82 Å². The molecule has 5 nitrogen and oxygen atoms in total. The van der Waals surface area contributed by atoms with Gasteiger partial charge in [0.15, 0.2) is 0 Å². The maximum absolute atomic E-state index is 13.3. The Morgan fingerprint density at radius 3 is 2.61 bits per heavy atom. The third kappa shape index (κ3) is 4.67. The number of nitrogens with zero attached hydrogens (tertiary/aromatic N) is 1. The summed E-state index contributed by atoms with van der Waals surface area (Å²) in [5.74, 6) is -0.602. The number of ether oxygens (including phenoxy) is 1. The summed E-state index contributed by atoms with van der Waals surface area (Å²) in [6.07, 6.45) is 0. The average molecular weight is 256 g/mol. The Labute approximate surface area is 105 Å². The number of hydrogen-bond acceptors (Lipinski definition) is 4. The van der Waals surface area contributed by atoms with E-state index in [0.29, 0.717) is 13.2 Å². The first-order valence-electron chi connectivity index (χ1n) is 5.61. The molecule has 6 heteroatoms. The van der Waals surface area contributed by atoms with Crippen LogP contribution in [0.3, 0.4) is 0 Å². The monoisotopic (exact) mass is 256 g/mol. The second-order valence-electron chi connectivity index (χ2n) is 4.90. The largest absolute Gasteiger partial charge is 0.492 e. The molecule has 0 aliphatic carbocycles. The lowest BCUT2D eigenvalue weighted by atomic mass is 10.1. The molecular formula is C12H17FN2O3. The summed E-state index contributed by atoms with van der Waals surface area (Å²) >= 11 is 0. The first-order chi connectivity index (χ1) is 8.29. The van der Waals surface area contributed by atoms with E-state index in [-0.39, 0.29) is 11.3 Å². The fourth-order valence-electron chi connectivity index (χ4n) is 1.32. The van der Waals surface area contributed by atoms with E-state index in [2.05, 4.69) is 5.32 Å². The average Bonchev–Trinajstić information content (AvgIpc) is 2.22. The van der Waals surface area contributed by atoms with Gasteiger partial charge < -0.3 is 10.1 Å². The first kappa shape index (κ1) is 14.4. The molecule has 1 rings (SSSR count). The van der Waals surface area contributed by atoms with Crippen molar-refractivity contribution in [1.82, 2.24) is 5.32 Å². The van der Waals surface area contributed by atoms with E-state index < -0.39 is 16.4 Å². The molecule has 0 aliphatic rings. The number of nitro benzene ring substituents is 1. The molecule has 0 radical (unpaired) electrons. The summed E-state index contributed by atoms with van der Waals surface area (Å²) in [6, 6.07) is 3.51. The van der Waals surface area contributed by atoms with Crippen LogP contribution in [0.25, 0.3) is 0 Å². The van der Waals surface area contributed by atoms with Crippen LogP contribution >= 0.6 is 0 Å². The van der Waals surface area contributed by atoms with Gasteiger partial charge in [-0.15, -0.1) is 0 Å². The highest BCUT2D eigenvalue weighted by Gasteiger charge is 2.14. The van der Waals surface area contributed by atoms with Crippen LogP contribution < -0.4 is 10.1 Å². The molecule has 0 bridgehead atoms. The number of hydrogen-bond donors (Lipinski definition) is 1. The molecule has 0 saturated carbocycles. The van der Waals surface area contributed by atoms with E-state index in [1.54, 1.807) is 0 Å². The zero-order chi connectivity index (χ0) is 13.8. The quantitative estimate of drug-likeness (QED) is 0.499. The van der Waals surface area contributed by atoms with E-state index in [0.717, 1.165) is 12.1 Å². The van der Waals surface area contributed by atoms with Crippen LogP contribution in [0.1, 0.15) is 20.8 Å². The molecule has 0 aliphatic heterocycles. The lowest BCUT2D eigenvalue weighted by Gasteiger charge is -2.20. The van der Waals surface area contributed by atoms with Gasteiger partial charge in [0.05, 0.1) is 4.92 Å². The summed E-state index contributed by atoms with van der Waals surface area (Å²) in [5.41, 5.74) is -0.556. The molecule has 1 aromatic carbocycles. The van der Waals surface area contributed by atoms with Gasteiger partial charge in [-0.25, -0.2) is 0 Å². The van der Waals surface area contributed by atoms with Crippen molar-refractivity contribution in [2.75, 3.05) is 13.2 Å². The van der Waals surface area contributed by atoms with E-state index >= 15 is 0 Å². The second kappa shape index (κ2) is 5.77. The summed E-state index contributed by atoms with van der Waals surface area (Å²) in [4.78, 5) is 9.65. The van der Waals surface area contributed by atoms with Crippen molar-refractivity contribution in [3.8, 4) is 5.75 Å². The minimum absolute atomic E-state index is 0.00984. The zero-order valence-electron chi connectivity index (χ0n) is 10.7. The van der Waals surface area contributed by atoms with Crippen molar-refractivity contribution < 1.29 is 14.1 Å². The van der Waals surface area contributed by atoms with Crippen molar-refractivity contribution in [2.24, 2.45) is 0 Å². The molecule has 100 valence electrons. The van der Waals surface area contributed by atoms with E-state index in [4.69, 9.17) is 4.74 Å². The molecule has 0 spiro atoms. The predicted molar refractivity (Wildman–Crippen MR) is 66.3 cm³/mol. The predicted octanol–water partition coefficient (Wildman–Crippen LogP) is 2.50. The third-order valence-corrected chi connectivity index (χ3v) is 2.14. The van der Waals surface area contributed by atoms with Gasteiger partial charge in [0, 0.05) is 24.2 Å². The smallest absolute Gasteiger partial charge is 0.305 e. The Bertz CT molecular complexity index is 430. The molecule has 1 aromatic rings. The van der Waals surface area contributed by atoms with Crippen molar-refractivity contribution in [3.05, 3.63) is 34.1 Å². The van der Waals surface area contributed by atoms with Crippen molar-refractivity contribution in [2.45, 2.75) is 26.3 Å². The molecule has 0 atom stereocenters. The summed E-state index contributed by atoms with van der Waals surface area (Å²) in [7, 11) is 0. The Morgan fingerprint density at radius 2 is 2.11 bits per heavy atom. The zero-order valence-corrected chi connectivity index (χ0v) is 10.7. The van der Waals surface area contributed by atoms with Gasteiger partial charge in [-0.2, -0.15) is 4.39 Å². The summed E-state index contributed by atoms with van der Waals surface area (Å²) in [6.45, 7) is 7.06. The topological polar surface area (TPSA) is 64.4 Å². The van der Waals surface area contributed by atoms with Gasteiger partial charge in [-0.3, -0.25) is 10.1 Å². The van der Waals surface area contributed by atoms with Crippen LogP contribution in [0.15, 0.2) is 18.2 Å². The molecule has 18 heavy (non-hydrogen) atoms. The summed E-state index contributed by atoms with van der Waals surface area (Å²) in [5, 5.41) is 13.6. The lowest BCUT2D eigenvalue weighted by molar-refractivity contribution is -0.387. The van der Waals surface area contributed by atoms with Gasteiger partial charge in [-0.05, 0) is 26.8 Å². The highest BCUT2D eigenvalue weighted by atomic mass is 19.1. The van der Waals surface area contributed by atoms with E-state index in [1.807, 2.05) is 20.8 Å². The standard InChI is InChI=1S/C12H17FN2O3/c1-12(2,3)14-6-7-18-9-4-5-11(15(16)17)10(13)8-9/h4-5,8,14H,6-7H2,1-3H3. The van der Waals surface area contributed by atoms with Gasteiger partial charge in [-0.1, -0.05) is 0 Å². The molecule has 0 fully saturated rings. The van der Waals surface area contributed by atoms with Crippen LogP contribution in [0.4, 0.5) is 10.1 Å². The highest BCUT2D eigenvalue weighted by molar-refractivity contribution is 5.37. The number of benzene rings is 1. The molecule has 0 amide bonds. The normalized spacial score (nSPS) is 11.3. The number of nitrogens with one attached hydrogen (secondary N) is 1. The van der Waals surface area contributed by atoms with Crippen molar-refractivity contribution in [1.29, 1.82) is 0 Å². The van der Waals surface area contributed by atoms with Crippen molar-refractivity contribution in [3.63, 3.8) is 0 Å². The molecular weight excluding hydrogens is 239 g/mol. The fourth-order valence-corrected chi connectivity index (χ4v) is 1.32. The van der Waals surface area contributed by atoms with Crippen LogP contribution in [-0.4, -0.2) is 23.6 Å². The van der Waals surface area contributed by atoms with Crippen LogP contribution in [0.5, 0.6) is 5.75 Å². The Balaban J connectivity index is 2.49. The fraction of sp³-hybridized carbons (Fsp3) is 0.500. The minimum Gasteiger partial charge on any atom is -0.492 e. The molecule has 0 aromatic heterocycles. The second-order valence-corrected chi connectivity index (χ2v) is 4.90. The Hall–Kier alpha value is -1.69.